The van der Waals surface area contributed by atoms with Crippen LogP contribution in [0.5, 0.6) is 0 Å². The van der Waals surface area contributed by atoms with Crippen LogP contribution in [0.2, 0.25) is 0 Å². The number of imide groups is 1. The molecule has 0 spiro atoms. The summed E-state index contributed by atoms with van der Waals surface area (Å²) in [4.78, 5) is 40.1. The minimum atomic E-state index is -1.03. The number of aliphatic hydroxyl groups is 1. The van der Waals surface area contributed by atoms with Crippen molar-refractivity contribution in [3.05, 3.63) is 107 Å². The van der Waals surface area contributed by atoms with Crippen LogP contribution < -0.4 is 5.32 Å². The maximum Gasteiger partial charge on any atom is 0.262 e. The first-order valence-electron chi connectivity index (χ1n) is 10.1. The SMILES string of the molecule is O=C(NCC(O)c1ccccc1)C(Cc1ccccc1)N1C(=O)c2ccccc2C1=O. The normalized spacial score (nSPS) is 14.8. The van der Waals surface area contributed by atoms with Crippen molar-refractivity contribution in [3.63, 3.8) is 0 Å². The highest BCUT2D eigenvalue weighted by molar-refractivity contribution is 6.22. The predicted molar refractivity (Wildman–Crippen MR) is 115 cm³/mol. The zero-order chi connectivity index (χ0) is 21.8. The molecule has 0 saturated heterocycles. The Morgan fingerprint density at radius 2 is 1.32 bits per heavy atom. The van der Waals surface area contributed by atoms with E-state index in [1.54, 1.807) is 48.5 Å². The van der Waals surface area contributed by atoms with Crippen molar-refractivity contribution in [1.82, 2.24) is 10.2 Å². The number of nitrogens with zero attached hydrogens (tertiary/aromatic N) is 1. The summed E-state index contributed by atoms with van der Waals surface area (Å²) in [5, 5.41) is 13.1. The quantitative estimate of drug-likeness (QED) is 0.582. The van der Waals surface area contributed by atoms with Crippen LogP contribution in [0.15, 0.2) is 84.9 Å². The molecule has 1 heterocycles. The van der Waals surface area contributed by atoms with Crippen molar-refractivity contribution in [2.45, 2.75) is 18.6 Å². The summed E-state index contributed by atoms with van der Waals surface area (Å²) in [6, 6.07) is 23.7. The van der Waals surface area contributed by atoms with E-state index in [2.05, 4.69) is 5.32 Å². The van der Waals surface area contributed by atoms with E-state index in [1.165, 1.54) is 0 Å². The van der Waals surface area contributed by atoms with Gasteiger partial charge in [-0.1, -0.05) is 72.8 Å². The van der Waals surface area contributed by atoms with Crippen molar-refractivity contribution >= 4 is 17.7 Å². The molecule has 2 N–H and O–H groups in total. The van der Waals surface area contributed by atoms with Gasteiger partial charge in [0, 0.05) is 13.0 Å². The molecule has 156 valence electrons. The summed E-state index contributed by atoms with van der Waals surface area (Å²) in [6.07, 6.45) is -0.718. The third kappa shape index (κ3) is 4.25. The lowest BCUT2D eigenvalue weighted by Gasteiger charge is -2.26. The van der Waals surface area contributed by atoms with Crippen molar-refractivity contribution in [3.8, 4) is 0 Å². The predicted octanol–water partition coefficient (Wildman–Crippen LogP) is 2.74. The fourth-order valence-corrected chi connectivity index (χ4v) is 3.74. The molecule has 2 atom stereocenters. The Morgan fingerprint density at radius 3 is 1.90 bits per heavy atom. The molecule has 0 aromatic heterocycles. The first-order valence-corrected chi connectivity index (χ1v) is 10.1. The van der Waals surface area contributed by atoms with Gasteiger partial charge in [-0.05, 0) is 23.3 Å². The lowest BCUT2D eigenvalue weighted by atomic mass is 10.0. The second-order valence-electron chi connectivity index (χ2n) is 7.40. The molecule has 3 amide bonds. The zero-order valence-electron chi connectivity index (χ0n) is 16.8. The Hall–Kier alpha value is -3.77. The van der Waals surface area contributed by atoms with E-state index >= 15 is 0 Å². The van der Waals surface area contributed by atoms with Gasteiger partial charge in [0.05, 0.1) is 17.2 Å². The first kappa shape index (κ1) is 20.5. The summed E-state index contributed by atoms with van der Waals surface area (Å²) in [5.74, 6) is -1.46. The van der Waals surface area contributed by atoms with Crippen molar-refractivity contribution in [2.24, 2.45) is 0 Å². The van der Waals surface area contributed by atoms with Gasteiger partial charge >= 0.3 is 0 Å². The van der Waals surface area contributed by atoms with Gasteiger partial charge in [-0.25, -0.2) is 0 Å². The smallest absolute Gasteiger partial charge is 0.262 e. The standard InChI is InChI=1S/C25H22N2O4/c28-22(18-11-5-2-6-12-18)16-26-23(29)21(15-17-9-3-1-4-10-17)27-24(30)19-13-7-8-14-20(19)25(27)31/h1-14,21-22,28H,15-16H2,(H,26,29). The van der Waals surface area contributed by atoms with Gasteiger partial charge in [0.2, 0.25) is 5.91 Å². The lowest BCUT2D eigenvalue weighted by molar-refractivity contribution is -0.125. The average Bonchev–Trinajstić information content (AvgIpc) is 3.07. The number of hydrogen-bond acceptors (Lipinski definition) is 4. The second kappa shape index (κ2) is 8.93. The molecule has 6 nitrogen and oxygen atoms in total. The summed E-state index contributed by atoms with van der Waals surface area (Å²) >= 11 is 0. The van der Waals surface area contributed by atoms with Gasteiger partial charge in [0.25, 0.3) is 11.8 Å². The Bertz CT molecular complexity index is 1060. The lowest BCUT2D eigenvalue weighted by Crippen LogP contribution is -2.51. The van der Waals surface area contributed by atoms with Crippen LogP contribution in [0.1, 0.15) is 37.9 Å². The molecular formula is C25H22N2O4. The van der Waals surface area contributed by atoms with E-state index < -0.39 is 29.9 Å². The molecule has 1 aliphatic rings. The number of fused-ring (bicyclic) bond motifs is 1. The third-order valence-corrected chi connectivity index (χ3v) is 5.37. The number of carbonyl (C=O) groups excluding carboxylic acids is 3. The number of hydrogen-bond donors (Lipinski definition) is 2. The highest BCUT2D eigenvalue weighted by Gasteiger charge is 2.42. The maximum atomic E-state index is 13.1. The monoisotopic (exact) mass is 414 g/mol. The number of amides is 3. The first-order chi connectivity index (χ1) is 15.1. The van der Waals surface area contributed by atoms with Gasteiger partial charge < -0.3 is 10.4 Å². The minimum absolute atomic E-state index is 0.0305. The Labute approximate surface area is 180 Å². The van der Waals surface area contributed by atoms with Crippen molar-refractivity contribution in [1.29, 1.82) is 0 Å². The molecular weight excluding hydrogens is 392 g/mol. The van der Waals surface area contributed by atoms with E-state index in [-0.39, 0.29) is 13.0 Å². The number of nitrogens with one attached hydrogen (secondary N) is 1. The van der Waals surface area contributed by atoms with Crippen LogP contribution >= 0.6 is 0 Å². The molecule has 4 rings (SSSR count). The molecule has 0 saturated carbocycles. The molecule has 3 aromatic carbocycles. The van der Waals surface area contributed by atoms with Gasteiger partial charge in [-0.15, -0.1) is 0 Å². The molecule has 0 aliphatic carbocycles. The summed E-state index contributed by atoms with van der Waals surface area (Å²) < 4.78 is 0. The van der Waals surface area contributed by atoms with Gasteiger partial charge in [-0.3, -0.25) is 19.3 Å². The Balaban J connectivity index is 1.57. The topological polar surface area (TPSA) is 86.7 Å². The molecule has 0 fully saturated rings. The number of aliphatic hydroxyl groups excluding tert-OH is 1. The van der Waals surface area contributed by atoms with Crippen LogP contribution in [0.25, 0.3) is 0 Å². The van der Waals surface area contributed by atoms with E-state index in [0.29, 0.717) is 16.7 Å². The molecule has 31 heavy (non-hydrogen) atoms. The summed E-state index contributed by atoms with van der Waals surface area (Å²) in [7, 11) is 0. The number of carbonyl (C=O) groups is 3. The van der Waals surface area contributed by atoms with Crippen LogP contribution in [0.4, 0.5) is 0 Å². The van der Waals surface area contributed by atoms with E-state index in [0.717, 1.165) is 10.5 Å². The van der Waals surface area contributed by atoms with Crippen molar-refractivity contribution in [2.75, 3.05) is 6.54 Å². The summed E-state index contributed by atoms with van der Waals surface area (Å²) in [5.41, 5.74) is 2.08. The third-order valence-electron chi connectivity index (χ3n) is 5.37. The molecule has 0 bridgehead atoms. The average molecular weight is 414 g/mol. The van der Waals surface area contributed by atoms with Gasteiger partial charge in [0.1, 0.15) is 6.04 Å². The second-order valence-corrected chi connectivity index (χ2v) is 7.40. The van der Waals surface area contributed by atoms with Crippen LogP contribution in [0, 0.1) is 0 Å². The fourth-order valence-electron chi connectivity index (χ4n) is 3.74. The van der Waals surface area contributed by atoms with E-state index in [4.69, 9.17) is 0 Å². The minimum Gasteiger partial charge on any atom is -0.387 e. The van der Waals surface area contributed by atoms with E-state index in [9.17, 15) is 19.5 Å². The van der Waals surface area contributed by atoms with E-state index in [1.807, 2.05) is 36.4 Å². The van der Waals surface area contributed by atoms with Crippen LogP contribution in [-0.2, 0) is 11.2 Å². The Morgan fingerprint density at radius 1 is 0.806 bits per heavy atom. The van der Waals surface area contributed by atoms with Crippen LogP contribution in [0.3, 0.4) is 0 Å². The molecule has 6 heteroatoms. The molecule has 2 unspecified atom stereocenters. The highest BCUT2D eigenvalue weighted by atomic mass is 16.3. The summed E-state index contributed by atoms with van der Waals surface area (Å²) in [6.45, 7) is -0.0305. The van der Waals surface area contributed by atoms with Gasteiger partial charge in [0.15, 0.2) is 0 Å². The molecule has 0 radical (unpaired) electrons. The number of rotatable bonds is 7. The Kier molecular flexibility index (Phi) is 5.91. The number of benzene rings is 3. The molecule has 3 aromatic rings. The largest absolute Gasteiger partial charge is 0.387 e. The molecule has 1 aliphatic heterocycles. The van der Waals surface area contributed by atoms with Crippen LogP contribution in [-0.4, -0.2) is 40.3 Å². The van der Waals surface area contributed by atoms with Crippen molar-refractivity contribution < 1.29 is 19.5 Å². The maximum absolute atomic E-state index is 13.1. The highest BCUT2D eigenvalue weighted by Crippen LogP contribution is 2.26. The fraction of sp³-hybridized carbons (Fsp3) is 0.160. The zero-order valence-corrected chi connectivity index (χ0v) is 16.8. The van der Waals surface area contributed by atoms with Gasteiger partial charge in [-0.2, -0.15) is 0 Å².